The highest BCUT2D eigenvalue weighted by atomic mass is 19.1. The summed E-state index contributed by atoms with van der Waals surface area (Å²) in [6, 6.07) is 10.6. The molecule has 2 N–H and O–H groups in total. The Hall–Kier alpha value is -2.22. The third kappa shape index (κ3) is 3.33. The van der Waals surface area contributed by atoms with Crippen molar-refractivity contribution in [3.05, 3.63) is 71.3 Å². The van der Waals surface area contributed by atoms with E-state index in [1.165, 1.54) is 48.5 Å². The van der Waals surface area contributed by atoms with Crippen molar-refractivity contribution < 1.29 is 19.0 Å². The first-order chi connectivity index (χ1) is 11.3. The zero-order chi connectivity index (χ0) is 17.4. The predicted octanol–water partition coefficient (Wildman–Crippen LogP) is 3.37. The van der Waals surface area contributed by atoms with Crippen LogP contribution in [-0.4, -0.2) is 15.8 Å². The van der Waals surface area contributed by atoms with Crippen LogP contribution >= 0.6 is 0 Å². The van der Waals surface area contributed by atoms with Crippen molar-refractivity contribution >= 4 is 0 Å². The van der Waals surface area contributed by atoms with Gasteiger partial charge in [-0.25, -0.2) is 8.78 Å². The molecule has 1 aliphatic carbocycles. The van der Waals surface area contributed by atoms with E-state index in [-0.39, 0.29) is 5.92 Å². The Balaban J connectivity index is 2.08. The molecule has 2 nitrogen and oxygen atoms in total. The van der Waals surface area contributed by atoms with Crippen molar-refractivity contribution in [1.29, 1.82) is 0 Å². The zero-order valence-electron chi connectivity index (χ0n) is 13.3. The quantitative estimate of drug-likeness (QED) is 0.848. The molecule has 3 rings (SSSR count). The molecule has 0 aliphatic heterocycles. The fourth-order valence-corrected chi connectivity index (χ4v) is 2.66. The summed E-state index contributed by atoms with van der Waals surface area (Å²) in [5.41, 5.74) is -2.25. The van der Waals surface area contributed by atoms with Crippen LogP contribution in [0, 0.1) is 29.4 Å². The van der Waals surface area contributed by atoms with Crippen LogP contribution < -0.4 is 0 Å². The van der Waals surface area contributed by atoms with Gasteiger partial charge in [-0.1, -0.05) is 36.1 Å². The summed E-state index contributed by atoms with van der Waals surface area (Å²) in [5.74, 6) is 4.72. The molecular formula is C20H18F2O2. The average molecular weight is 328 g/mol. The number of halogens is 2. The molecular weight excluding hydrogens is 310 g/mol. The number of hydrogen-bond acceptors (Lipinski definition) is 2. The fourth-order valence-electron chi connectivity index (χ4n) is 2.66. The van der Waals surface area contributed by atoms with Crippen LogP contribution in [0.15, 0.2) is 48.5 Å². The summed E-state index contributed by atoms with van der Waals surface area (Å²) in [7, 11) is 0. The molecule has 0 aromatic heterocycles. The van der Waals surface area contributed by atoms with E-state index in [0.29, 0.717) is 11.1 Å². The minimum Gasteiger partial charge on any atom is -0.378 e. The highest BCUT2D eigenvalue weighted by molar-refractivity contribution is 5.45. The Morgan fingerprint density at radius 3 is 1.62 bits per heavy atom. The second-order valence-electron chi connectivity index (χ2n) is 6.40. The minimum absolute atomic E-state index is 0.0932. The Morgan fingerprint density at radius 1 is 0.833 bits per heavy atom. The van der Waals surface area contributed by atoms with Crippen molar-refractivity contribution in [1.82, 2.24) is 0 Å². The first kappa shape index (κ1) is 16.6. The van der Waals surface area contributed by atoms with Crippen LogP contribution in [0.4, 0.5) is 8.78 Å². The molecule has 0 saturated heterocycles. The molecule has 0 unspecified atom stereocenters. The standard InChI is InChI=1S/C20H18F2O2/c1-19(23,14-2-3-14)12-13-20(24,15-4-8-17(21)9-5-15)16-6-10-18(22)11-7-16/h4-11,14,23-24H,2-3H2,1H3/t19-/m0/s1. The lowest BCUT2D eigenvalue weighted by atomic mass is 9.85. The van der Waals surface area contributed by atoms with Crippen molar-refractivity contribution in [3.63, 3.8) is 0 Å². The van der Waals surface area contributed by atoms with Crippen molar-refractivity contribution in [2.24, 2.45) is 5.92 Å². The van der Waals surface area contributed by atoms with Gasteiger partial charge in [0.05, 0.1) is 0 Å². The highest BCUT2D eigenvalue weighted by Crippen LogP contribution is 2.39. The number of benzene rings is 2. The lowest BCUT2D eigenvalue weighted by molar-refractivity contribution is 0.0952. The maximum atomic E-state index is 13.2. The smallest absolute Gasteiger partial charge is 0.176 e. The van der Waals surface area contributed by atoms with E-state index in [1.807, 2.05) is 0 Å². The third-order valence-electron chi connectivity index (χ3n) is 4.39. The summed E-state index contributed by atoms with van der Waals surface area (Å²) in [6.45, 7) is 1.62. The van der Waals surface area contributed by atoms with Gasteiger partial charge < -0.3 is 10.2 Å². The van der Waals surface area contributed by atoms with Gasteiger partial charge >= 0.3 is 0 Å². The molecule has 124 valence electrons. The van der Waals surface area contributed by atoms with E-state index in [1.54, 1.807) is 6.92 Å². The molecule has 1 fully saturated rings. The van der Waals surface area contributed by atoms with Crippen LogP contribution in [0.5, 0.6) is 0 Å². The monoisotopic (exact) mass is 328 g/mol. The lowest BCUT2D eigenvalue weighted by Gasteiger charge is -2.25. The van der Waals surface area contributed by atoms with Crippen molar-refractivity contribution in [3.8, 4) is 11.8 Å². The molecule has 0 spiro atoms. The maximum absolute atomic E-state index is 13.2. The van der Waals surface area contributed by atoms with E-state index in [9.17, 15) is 19.0 Å². The van der Waals surface area contributed by atoms with E-state index in [4.69, 9.17) is 0 Å². The van der Waals surface area contributed by atoms with E-state index >= 15 is 0 Å². The van der Waals surface area contributed by atoms with Gasteiger partial charge in [-0.3, -0.25) is 0 Å². The second kappa shape index (κ2) is 6.01. The van der Waals surface area contributed by atoms with E-state index in [0.717, 1.165) is 12.8 Å². The number of rotatable bonds is 3. The third-order valence-corrected chi connectivity index (χ3v) is 4.39. The summed E-state index contributed by atoms with van der Waals surface area (Å²) >= 11 is 0. The zero-order valence-corrected chi connectivity index (χ0v) is 13.3. The Morgan fingerprint density at radius 2 is 1.25 bits per heavy atom. The molecule has 2 aromatic carbocycles. The molecule has 2 aromatic rings. The van der Waals surface area contributed by atoms with Gasteiger partial charge in [0, 0.05) is 11.1 Å². The van der Waals surface area contributed by atoms with Gasteiger partial charge in [0.2, 0.25) is 0 Å². The molecule has 1 saturated carbocycles. The van der Waals surface area contributed by atoms with Crippen LogP contribution in [0.2, 0.25) is 0 Å². The normalized spacial score (nSPS) is 16.9. The Kier molecular flexibility index (Phi) is 4.16. The second-order valence-corrected chi connectivity index (χ2v) is 6.40. The van der Waals surface area contributed by atoms with Crippen LogP contribution in [0.1, 0.15) is 30.9 Å². The van der Waals surface area contributed by atoms with Crippen LogP contribution in [0.3, 0.4) is 0 Å². The van der Waals surface area contributed by atoms with Gasteiger partial charge in [-0.15, -0.1) is 0 Å². The molecule has 0 amide bonds. The van der Waals surface area contributed by atoms with Gasteiger partial charge in [-0.2, -0.15) is 0 Å². The summed E-state index contributed by atoms with van der Waals surface area (Å²) in [6.07, 6.45) is 1.79. The van der Waals surface area contributed by atoms with E-state index < -0.39 is 22.8 Å². The van der Waals surface area contributed by atoms with Crippen molar-refractivity contribution in [2.45, 2.75) is 31.0 Å². The summed E-state index contributed by atoms with van der Waals surface area (Å²) in [5, 5.41) is 21.6. The highest BCUT2D eigenvalue weighted by Gasteiger charge is 2.39. The van der Waals surface area contributed by atoms with Gasteiger partial charge in [0.15, 0.2) is 5.60 Å². The van der Waals surface area contributed by atoms with Crippen LogP contribution in [-0.2, 0) is 5.60 Å². The summed E-state index contributed by atoms with van der Waals surface area (Å²) in [4.78, 5) is 0. The molecule has 24 heavy (non-hydrogen) atoms. The largest absolute Gasteiger partial charge is 0.378 e. The molecule has 0 heterocycles. The molecule has 4 heteroatoms. The van der Waals surface area contributed by atoms with Gasteiger partial charge in [-0.05, 0) is 49.9 Å². The average Bonchev–Trinajstić information content (AvgIpc) is 3.39. The number of hydrogen-bond donors (Lipinski definition) is 2. The van der Waals surface area contributed by atoms with Crippen molar-refractivity contribution in [2.75, 3.05) is 0 Å². The number of aliphatic hydroxyl groups is 2. The molecule has 0 bridgehead atoms. The first-order valence-electron chi connectivity index (χ1n) is 7.82. The predicted molar refractivity (Wildman–Crippen MR) is 86.9 cm³/mol. The first-order valence-corrected chi connectivity index (χ1v) is 7.82. The molecule has 1 atom stereocenters. The molecule has 1 aliphatic rings. The van der Waals surface area contributed by atoms with Gasteiger partial charge in [0.1, 0.15) is 17.2 Å². The Labute approximate surface area is 139 Å². The lowest BCUT2D eigenvalue weighted by Crippen LogP contribution is -2.29. The minimum atomic E-state index is -1.76. The maximum Gasteiger partial charge on any atom is 0.176 e. The summed E-state index contributed by atoms with van der Waals surface area (Å²) < 4.78 is 26.4. The molecule has 0 radical (unpaired) electrons. The Bertz CT molecular complexity index is 734. The van der Waals surface area contributed by atoms with E-state index in [2.05, 4.69) is 11.8 Å². The SMILES string of the molecule is C[C@](O)(C#CC(O)(c1ccc(F)cc1)c1ccc(F)cc1)C1CC1. The topological polar surface area (TPSA) is 40.5 Å². The van der Waals surface area contributed by atoms with Crippen LogP contribution in [0.25, 0.3) is 0 Å². The fraction of sp³-hybridized carbons (Fsp3) is 0.300. The van der Waals surface area contributed by atoms with Gasteiger partial charge in [0.25, 0.3) is 0 Å².